The van der Waals surface area contributed by atoms with E-state index in [1.165, 1.54) is 0 Å². The topological polar surface area (TPSA) is 85.1 Å². The fourth-order valence-electron chi connectivity index (χ4n) is 0.277. The van der Waals surface area contributed by atoms with Gasteiger partial charge in [0.2, 0.25) is 0 Å². The molecule has 0 saturated heterocycles. The summed E-state index contributed by atoms with van der Waals surface area (Å²) >= 11 is 0. The molecule has 0 radical (unpaired) electrons. The highest BCUT2D eigenvalue weighted by molar-refractivity contribution is 5.71. The SMILES string of the molecule is CCOC(=O)CC#N.N. The Hall–Kier alpha value is -1.08. The molecule has 0 amide bonds. The number of esters is 1. The fourth-order valence-corrected chi connectivity index (χ4v) is 0.277. The van der Waals surface area contributed by atoms with Gasteiger partial charge in [-0.2, -0.15) is 5.26 Å². The molecule has 4 nitrogen and oxygen atoms in total. The second kappa shape index (κ2) is 6.92. The van der Waals surface area contributed by atoms with E-state index in [1.54, 1.807) is 13.0 Å². The van der Waals surface area contributed by atoms with Crippen molar-refractivity contribution in [2.75, 3.05) is 6.61 Å². The van der Waals surface area contributed by atoms with Crippen LogP contribution in [0.5, 0.6) is 0 Å². The minimum absolute atomic E-state index is 0. The second-order valence-electron chi connectivity index (χ2n) is 1.14. The highest BCUT2D eigenvalue weighted by Gasteiger charge is 1.95. The molecule has 0 bridgehead atoms. The van der Waals surface area contributed by atoms with Crippen LogP contribution in [0.2, 0.25) is 0 Å². The van der Waals surface area contributed by atoms with E-state index in [0.29, 0.717) is 6.61 Å². The van der Waals surface area contributed by atoms with Crippen LogP contribution < -0.4 is 6.15 Å². The van der Waals surface area contributed by atoms with Gasteiger partial charge in [-0.05, 0) is 6.92 Å². The number of hydrogen-bond donors (Lipinski definition) is 1. The zero-order chi connectivity index (χ0) is 6.41. The van der Waals surface area contributed by atoms with Gasteiger partial charge in [0, 0.05) is 0 Å². The average molecular weight is 130 g/mol. The number of rotatable bonds is 2. The Morgan fingerprint density at radius 1 is 1.78 bits per heavy atom. The van der Waals surface area contributed by atoms with Crippen LogP contribution in [-0.2, 0) is 9.53 Å². The van der Waals surface area contributed by atoms with Crippen molar-refractivity contribution in [3.63, 3.8) is 0 Å². The lowest BCUT2D eigenvalue weighted by Gasteiger charge is -1.92. The first-order valence-electron chi connectivity index (χ1n) is 2.33. The molecule has 52 valence electrons. The summed E-state index contributed by atoms with van der Waals surface area (Å²) in [7, 11) is 0. The molecular formula is C5H10N2O2. The Morgan fingerprint density at radius 3 is 2.67 bits per heavy atom. The molecule has 0 atom stereocenters. The smallest absolute Gasteiger partial charge is 0.320 e. The van der Waals surface area contributed by atoms with E-state index in [2.05, 4.69) is 4.74 Å². The molecule has 0 heterocycles. The summed E-state index contributed by atoms with van der Waals surface area (Å²) in [4.78, 5) is 10.2. The summed E-state index contributed by atoms with van der Waals surface area (Å²) in [5.41, 5.74) is 0. The van der Waals surface area contributed by atoms with Crippen molar-refractivity contribution in [3.05, 3.63) is 0 Å². The van der Waals surface area contributed by atoms with Gasteiger partial charge in [0.15, 0.2) is 0 Å². The molecule has 0 saturated carbocycles. The number of hydrogen-bond acceptors (Lipinski definition) is 4. The molecular weight excluding hydrogens is 120 g/mol. The summed E-state index contributed by atoms with van der Waals surface area (Å²) in [6.07, 6.45) is -0.145. The molecule has 0 unspecified atom stereocenters. The summed E-state index contributed by atoms with van der Waals surface area (Å²) in [6.45, 7) is 2.05. The van der Waals surface area contributed by atoms with E-state index in [-0.39, 0.29) is 12.6 Å². The number of nitriles is 1. The Balaban J connectivity index is 0. The third kappa shape index (κ3) is 6.92. The predicted molar refractivity (Wildman–Crippen MR) is 31.9 cm³/mol. The Kier molecular flexibility index (Phi) is 8.32. The largest absolute Gasteiger partial charge is 0.465 e. The highest BCUT2D eigenvalue weighted by atomic mass is 16.5. The van der Waals surface area contributed by atoms with Gasteiger partial charge in [0.25, 0.3) is 0 Å². The molecule has 0 aliphatic carbocycles. The Morgan fingerprint density at radius 2 is 2.33 bits per heavy atom. The van der Waals surface area contributed by atoms with Crippen molar-refractivity contribution in [3.8, 4) is 6.07 Å². The van der Waals surface area contributed by atoms with E-state index >= 15 is 0 Å². The van der Waals surface area contributed by atoms with Gasteiger partial charge in [-0.15, -0.1) is 0 Å². The first kappa shape index (κ1) is 10.8. The van der Waals surface area contributed by atoms with Gasteiger partial charge in [0.05, 0.1) is 12.7 Å². The normalized spacial score (nSPS) is 6.67. The van der Waals surface area contributed by atoms with Gasteiger partial charge >= 0.3 is 5.97 Å². The fraction of sp³-hybridized carbons (Fsp3) is 0.600. The van der Waals surface area contributed by atoms with E-state index in [9.17, 15) is 4.79 Å². The first-order valence-corrected chi connectivity index (χ1v) is 2.33. The van der Waals surface area contributed by atoms with E-state index in [1.807, 2.05) is 0 Å². The van der Waals surface area contributed by atoms with Crippen molar-refractivity contribution in [1.29, 1.82) is 5.26 Å². The van der Waals surface area contributed by atoms with Crippen LogP contribution in [0.3, 0.4) is 0 Å². The lowest BCUT2D eigenvalue weighted by atomic mass is 10.5. The van der Waals surface area contributed by atoms with Crippen molar-refractivity contribution >= 4 is 5.97 Å². The molecule has 0 aliphatic rings. The predicted octanol–water partition coefficient (Wildman–Crippen LogP) is 0.625. The summed E-state index contributed by atoms with van der Waals surface area (Å²) in [5, 5.41) is 7.91. The summed E-state index contributed by atoms with van der Waals surface area (Å²) in [6, 6.07) is 1.68. The molecule has 0 spiro atoms. The minimum atomic E-state index is -0.449. The Bertz CT molecular complexity index is 117. The molecule has 0 aliphatic heterocycles. The van der Waals surface area contributed by atoms with Crippen LogP contribution in [0.25, 0.3) is 0 Å². The summed E-state index contributed by atoms with van der Waals surface area (Å²) < 4.78 is 4.42. The zero-order valence-electron chi connectivity index (χ0n) is 5.39. The molecule has 0 aromatic carbocycles. The maximum absolute atomic E-state index is 10.2. The lowest BCUT2D eigenvalue weighted by molar-refractivity contribution is -0.141. The van der Waals surface area contributed by atoms with Gasteiger partial charge in [0.1, 0.15) is 6.42 Å². The monoisotopic (exact) mass is 130 g/mol. The number of ether oxygens (including phenoxy) is 1. The second-order valence-corrected chi connectivity index (χ2v) is 1.14. The molecule has 3 N–H and O–H groups in total. The third-order valence-electron chi connectivity index (χ3n) is 0.529. The molecule has 0 fully saturated rings. The maximum Gasteiger partial charge on any atom is 0.320 e. The van der Waals surface area contributed by atoms with E-state index in [0.717, 1.165) is 0 Å². The van der Waals surface area contributed by atoms with Crippen LogP contribution in [0.1, 0.15) is 13.3 Å². The van der Waals surface area contributed by atoms with Gasteiger partial charge < -0.3 is 10.9 Å². The van der Waals surface area contributed by atoms with E-state index in [4.69, 9.17) is 5.26 Å². The van der Waals surface area contributed by atoms with Crippen molar-refractivity contribution in [2.24, 2.45) is 0 Å². The third-order valence-corrected chi connectivity index (χ3v) is 0.529. The van der Waals surface area contributed by atoms with Gasteiger partial charge in [-0.25, -0.2) is 0 Å². The van der Waals surface area contributed by atoms with Crippen LogP contribution in [-0.4, -0.2) is 12.6 Å². The quantitative estimate of drug-likeness (QED) is 0.555. The van der Waals surface area contributed by atoms with Crippen LogP contribution >= 0.6 is 0 Å². The van der Waals surface area contributed by atoms with Gasteiger partial charge in [-0.1, -0.05) is 0 Å². The number of carbonyl (C=O) groups is 1. The molecule has 0 aromatic rings. The van der Waals surface area contributed by atoms with E-state index < -0.39 is 5.97 Å². The molecule has 9 heavy (non-hydrogen) atoms. The van der Waals surface area contributed by atoms with Crippen LogP contribution in [0.15, 0.2) is 0 Å². The zero-order valence-corrected chi connectivity index (χ0v) is 5.39. The van der Waals surface area contributed by atoms with Crippen molar-refractivity contribution < 1.29 is 9.53 Å². The molecule has 0 aromatic heterocycles. The lowest BCUT2D eigenvalue weighted by Crippen LogP contribution is -2.01. The van der Waals surface area contributed by atoms with Crippen LogP contribution in [0, 0.1) is 11.3 Å². The number of carbonyl (C=O) groups excluding carboxylic acids is 1. The first-order chi connectivity index (χ1) is 3.81. The Labute approximate surface area is 54.0 Å². The highest BCUT2D eigenvalue weighted by Crippen LogP contribution is 1.81. The van der Waals surface area contributed by atoms with Crippen molar-refractivity contribution in [1.82, 2.24) is 6.15 Å². The van der Waals surface area contributed by atoms with Crippen LogP contribution in [0.4, 0.5) is 0 Å². The molecule has 4 heteroatoms. The standard InChI is InChI=1S/C5H7NO2.H3N/c1-2-8-5(7)3-4-6;/h2-3H2,1H3;1H3. The van der Waals surface area contributed by atoms with Gasteiger partial charge in [-0.3, -0.25) is 4.79 Å². The number of nitrogens with zero attached hydrogens (tertiary/aromatic N) is 1. The summed E-state index contributed by atoms with van der Waals surface area (Å²) in [5.74, 6) is -0.449. The maximum atomic E-state index is 10.2. The minimum Gasteiger partial charge on any atom is -0.465 e. The molecule has 0 rings (SSSR count). The van der Waals surface area contributed by atoms with Crippen molar-refractivity contribution in [2.45, 2.75) is 13.3 Å². The average Bonchev–Trinajstić information content (AvgIpc) is 1.68.